The summed E-state index contributed by atoms with van der Waals surface area (Å²) >= 11 is 3.02. The molecule has 0 aliphatic rings. The molecule has 1 N–H and O–H groups in total. The fraction of sp³-hybridized carbons (Fsp3) is 0.368. The Balaban J connectivity index is 1.69. The summed E-state index contributed by atoms with van der Waals surface area (Å²) in [6.07, 6.45) is 0.717. The molecule has 3 rings (SSSR count). The number of esters is 1. The van der Waals surface area contributed by atoms with Gasteiger partial charge in [-0.05, 0) is 37.8 Å². The van der Waals surface area contributed by atoms with Crippen molar-refractivity contribution >= 4 is 34.9 Å². The topological polar surface area (TPSA) is 89.9 Å². The van der Waals surface area contributed by atoms with Crippen LogP contribution in [0, 0.1) is 13.8 Å². The van der Waals surface area contributed by atoms with E-state index in [1.165, 1.54) is 16.6 Å². The van der Waals surface area contributed by atoms with E-state index in [1.54, 1.807) is 32.1 Å². The highest BCUT2D eigenvalue weighted by Crippen LogP contribution is 2.24. The third-order valence-corrected chi connectivity index (χ3v) is 6.26. The molecule has 9 heteroatoms. The number of carbonyl (C=O) groups is 2. The van der Waals surface area contributed by atoms with Crippen LogP contribution in [0.25, 0.3) is 0 Å². The number of Topliss-reactive ketones (excluding diaryl/α,β-unsaturated/α-hetero) is 1. The molecule has 3 aromatic rings. The van der Waals surface area contributed by atoms with Crippen LogP contribution in [0.1, 0.15) is 49.7 Å². The highest BCUT2D eigenvalue weighted by atomic mass is 32.2. The molecule has 148 valence electrons. The van der Waals surface area contributed by atoms with Crippen LogP contribution in [0.4, 0.5) is 0 Å². The van der Waals surface area contributed by atoms with Gasteiger partial charge < -0.3 is 14.3 Å². The van der Waals surface area contributed by atoms with Gasteiger partial charge in [0.2, 0.25) is 0 Å². The first-order valence-corrected chi connectivity index (χ1v) is 10.7. The van der Waals surface area contributed by atoms with E-state index in [1.807, 2.05) is 23.1 Å². The molecule has 0 bridgehead atoms. The molecule has 0 aliphatic heterocycles. The molecule has 0 atom stereocenters. The fourth-order valence-electron chi connectivity index (χ4n) is 2.97. The molecule has 0 amide bonds. The molecule has 0 saturated carbocycles. The van der Waals surface area contributed by atoms with Gasteiger partial charge in [-0.25, -0.2) is 4.79 Å². The minimum Gasteiger partial charge on any atom is -0.461 e. The summed E-state index contributed by atoms with van der Waals surface area (Å²) in [6, 6.07) is 4.07. The van der Waals surface area contributed by atoms with Crippen LogP contribution < -0.4 is 0 Å². The summed E-state index contributed by atoms with van der Waals surface area (Å²) in [5.74, 6) is 0.569. The van der Waals surface area contributed by atoms with Gasteiger partial charge in [0.05, 0.1) is 12.4 Å². The van der Waals surface area contributed by atoms with Gasteiger partial charge >= 0.3 is 5.97 Å². The first kappa shape index (κ1) is 20.3. The first-order chi connectivity index (χ1) is 13.4. The summed E-state index contributed by atoms with van der Waals surface area (Å²) in [7, 11) is 1.90. The van der Waals surface area contributed by atoms with Crippen LogP contribution >= 0.6 is 23.1 Å². The Bertz CT molecular complexity index is 989. The summed E-state index contributed by atoms with van der Waals surface area (Å²) in [5.41, 5.74) is 2.17. The molecule has 0 radical (unpaired) electrons. The predicted octanol–water partition coefficient (Wildman–Crippen LogP) is 3.56. The number of hydrogen-bond acceptors (Lipinski definition) is 7. The Morgan fingerprint density at radius 2 is 2.11 bits per heavy atom. The number of thioether (sulfide) groups is 1. The molecule has 0 aliphatic carbocycles. The molecule has 0 spiro atoms. The highest BCUT2D eigenvalue weighted by molar-refractivity contribution is 7.99. The number of ketones is 1. The van der Waals surface area contributed by atoms with Crippen molar-refractivity contribution in [2.45, 2.75) is 32.3 Å². The smallest absolute Gasteiger partial charge is 0.355 e. The van der Waals surface area contributed by atoms with E-state index < -0.39 is 5.97 Å². The van der Waals surface area contributed by atoms with Crippen LogP contribution in [0.15, 0.2) is 22.7 Å². The standard InChI is InChI=1S/C19H22N4O3S2/c1-5-26-18(25)17-11(2)16(12(3)20-17)14(24)10-28-19-22-21-15(23(19)4)9-13-7-6-8-27-13/h6-8,20H,5,9-10H2,1-4H3. The Hall–Kier alpha value is -2.39. The number of rotatable bonds is 8. The van der Waals surface area contributed by atoms with E-state index in [4.69, 9.17) is 4.74 Å². The SMILES string of the molecule is CCOC(=O)c1[nH]c(C)c(C(=O)CSc2nnc(Cc3cccs3)n2C)c1C. The van der Waals surface area contributed by atoms with Crippen molar-refractivity contribution < 1.29 is 14.3 Å². The number of nitrogens with one attached hydrogen (secondary N) is 1. The maximum absolute atomic E-state index is 12.8. The third-order valence-electron chi connectivity index (χ3n) is 4.37. The van der Waals surface area contributed by atoms with E-state index >= 15 is 0 Å². The minimum atomic E-state index is -0.443. The number of thiophene rings is 1. The third kappa shape index (κ3) is 4.20. The van der Waals surface area contributed by atoms with Gasteiger partial charge in [0.1, 0.15) is 11.5 Å². The zero-order valence-corrected chi connectivity index (χ0v) is 17.9. The van der Waals surface area contributed by atoms with E-state index in [9.17, 15) is 9.59 Å². The number of hydrogen-bond donors (Lipinski definition) is 1. The molecular weight excluding hydrogens is 396 g/mol. The normalized spacial score (nSPS) is 11.0. The lowest BCUT2D eigenvalue weighted by Crippen LogP contribution is -2.09. The molecule has 0 fully saturated rings. The van der Waals surface area contributed by atoms with Crippen LogP contribution in [0.3, 0.4) is 0 Å². The van der Waals surface area contributed by atoms with E-state index in [0.29, 0.717) is 34.1 Å². The van der Waals surface area contributed by atoms with Crippen molar-refractivity contribution in [3.63, 3.8) is 0 Å². The average Bonchev–Trinajstić information content (AvgIpc) is 3.36. The Labute approximate surface area is 171 Å². The van der Waals surface area contributed by atoms with Crippen molar-refractivity contribution in [2.75, 3.05) is 12.4 Å². The second-order valence-electron chi connectivity index (χ2n) is 6.27. The monoisotopic (exact) mass is 418 g/mol. The maximum atomic E-state index is 12.8. The number of ether oxygens (including phenoxy) is 1. The molecule has 0 aromatic carbocycles. The summed E-state index contributed by atoms with van der Waals surface area (Å²) in [5, 5.41) is 11.2. The van der Waals surface area contributed by atoms with Crippen molar-refractivity contribution in [1.29, 1.82) is 0 Å². The van der Waals surface area contributed by atoms with E-state index in [2.05, 4.69) is 21.2 Å². The minimum absolute atomic E-state index is 0.0606. The first-order valence-electron chi connectivity index (χ1n) is 8.85. The number of carbonyl (C=O) groups excluding carboxylic acids is 2. The van der Waals surface area contributed by atoms with Crippen LogP contribution in [0.2, 0.25) is 0 Å². The summed E-state index contributed by atoms with van der Waals surface area (Å²) in [4.78, 5) is 29.0. The average molecular weight is 419 g/mol. The molecule has 3 heterocycles. The summed E-state index contributed by atoms with van der Waals surface area (Å²) < 4.78 is 6.96. The lowest BCUT2D eigenvalue weighted by Gasteiger charge is -2.04. The second-order valence-corrected chi connectivity index (χ2v) is 8.25. The van der Waals surface area contributed by atoms with Gasteiger partial charge in [0.15, 0.2) is 10.9 Å². The Kier molecular flexibility index (Phi) is 6.35. The lowest BCUT2D eigenvalue weighted by atomic mass is 10.1. The number of H-pyrrole nitrogens is 1. The number of aromatic nitrogens is 4. The Morgan fingerprint density at radius 1 is 1.32 bits per heavy atom. The van der Waals surface area contributed by atoms with Crippen LogP contribution in [-0.2, 0) is 18.2 Å². The molecule has 0 saturated heterocycles. The van der Waals surface area contributed by atoms with Crippen molar-refractivity contribution in [3.05, 3.63) is 50.7 Å². The summed E-state index contributed by atoms with van der Waals surface area (Å²) in [6.45, 7) is 5.58. The molecular formula is C19H22N4O3S2. The molecule has 0 unspecified atom stereocenters. The number of aryl methyl sites for hydroxylation is 1. The van der Waals surface area contributed by atoms with Crippen LogP contribution in [-0.4, -0.2) is 43.9 Å². The zero-order chi connectivity index (χ0) is 20.3. The van der Waals surface area contributed by atoms with Gasteiger partial charge in [-0.2, -0.15) is 0 Å². The van der Waals surface area contributed by atoms with Gasteiger partial charge in [-0.3, -0.25) is 4.79 Å². The molecule has 3 aromatic heterocycles. The van der Waals surface area contributed by atoms with Crippen LogP contribution in [0.5, 0.6) is 0 Å². The largest absolute Gasteiger partial charge is 0.461 e. The van der Waals surface area contributed by atoms with Gasteiger partial charge in [-0.1, -0.05) is 17.8 Å². The van der Waals surface area contributed by atoms with E-state index in [0.717, 1.165) is 5.82 Å². The lowest BCUT2D eigenvalue weighted by molar-refractivity contribution is 0.0519. The van der Waals surface area contributed by atoms with Crippen molar-refractivity contribution in [2.24, 2.45) is 7.05 Å². The predicted molar refractivity (Wildman–Crippen MR) is 109 cm³/mol. The fourth-order valence-corrected chi connectivity index (χ4v) is 4.48. The van der Waals surface area contributed by atoms with Gasteiger partial charge in [0, 0.05) is 29.6 Å². The van der Waals surface area contributed by atoms with Gasteiger partial charge in [-0.15, -0.1) is 21.5 Å². The van der Waals surface area contributed by atoms with Crippen molar-refractivity contribution in [3.8, 4) is 0 Å². The van der Waals surface area contributed by atoms with E-state index in [-0.39, 0.29) is 18.1 Å². The maximum Gasteiger partial charge on any atom is 0.355 e. The highest BCUT2D eigenvalue weighted by Gasteiger charge is 2.23. The Morgan fingerprint density at radius 3 is 2.79 bits per heavy atom. The number of nitrogens with zero attached hydrogens (tertiary/aromatic N) is 3. The quantitative estimate of drug-likeness (QED) is 0.342. The van der Waals surface area contributed by atoms with Gasteiger partial charge in [0.25, 0.3) is 0 Å². The number of aromatic amines is 1. The second kappa shape index (κ2) is 8.74. The van der Waals surface area contributed by atoms with Crippen molar-refractivity contribution in [1.82, 2.24) is 19.7 Å². The molecule has 7 nitrogen and oxygen atoms in total. The molecule has 28 heavy (non-hydrogen) atoms. The zero-order valence-electron chi connectivity index (χ0n) is 16.2.